The van der Waals surface area contributed by atoms with Crippen LogP contribution in [0.1, 0.15) is 30.4 Å². The van der Waals surface area contributed by atoms with Crippen molar-refractivity contribution < 1.29 is 0 Å². The van der Waals surface area contributed by atoms with Gasteiger partial charge in [-0.25, -0.2) is 15.0 Å². The third-order valence-corrected chi connectivity index (χ3v) is 3.65. The molecule has 0 amide bonds. The SMILES string of the molecule is CCCNc1nc(C)nc(N(C)Cc2cscn2)c1C. The largest absolute Gasteiger partial charge is 0.370 e. The van der Waals surface area contributed by atoms with Crippen LogP contribution < -0.4 is 10.2 Å². The minimum Gasteiger partial charge on any atom is -0.370 e. The molecule has 0 radical (unpaired) electrons. The molecule has 0 aromatic carbocycles. The third kappa shape index (κ3) is 3.45. The van der Waals surface area contributed by atoms with E-state index >= 15 is 0 Å². The molecule has 6 heteroatoms. The first-order chi connectivity index (χ1) is 9.61. The van der Waals surface area contributed by atoms with Gasteiger partial charge in [0.2, 0.25) is 0 Å². The average Bonchev–Trinajstić information content (AvgIpc) is 2.92. The van der Waals surface area contributed by atoms with E-state index in [0.717, 1.165) is 48.2 Å². The molecule has 2 aromatic rings. The number of nitrogens with one attached hydrogen (secondary N) is 1. The average molecular weight is 291 g/mol. The Bertz CT molecular complexity index is 553. The molecule has 20 heavy (non-hydrogen) atoms. The fraction of sp³-hybridized carbons (Fsp3) is 0.500. The summed E-state index contributed by atoms with van der Waals surface area (Å²) < 4.78 is 0. The zero-order chi connectivity index (χ0) is 14.5. The van der Waals surface area contributed by atoms with Crippen molar-refractivity contribution in [3.05, 3.63) is 28.0 Å². The van der Waals surface area contributed by atoms with Crippen molar-refractivity contribution in [2.75, 3.05) is 23.8 Å². The number of hydrogen-bond acceptors (Lipinski definition) is 6. The van der Waals surface area contributed by atoms with E-state index < -0.39 is 0 Å². The number of rotatable bonds is 6. The Hall–Kier alpha value is -1.69. The Balaban J connectivity index is 2.23. The molecule has 0 unspecified atom stereocenters. The maximum absolute atomic E-state index is 4.57. The summed E-state index contributed by atoms with van der Waals surface area (Å²) in [5, 5.41) is 5.43. The van der Waals surface area contributed by atoms with Crippen LogP contribution in [0.4, 0.5) is 11.6 Å². The topological polar surface area (TPSA) is 53.9 Å². The van der Waals surface area contributed by atoms with Crippen molar-refractivity contribution >= 4 is 23.0 Å². The Labute approximate surface area is 124 Å². The Morgan fingerprint density at radius 1 is 1.30 bits per heavy atom. The zero-order valence-corrected chi connectivity index (χ0v) is 13.3. The van der Waals surface area contributed by atoms with Gasteiger partial charge in [0.05, 0.1) is 17.7 Å². The van der Waals surface area contributed by atoms with Gasteiger partial charge in [-0.1, -0.05) is 6.92 Å². The highest BCUT2D eigenvalue weighted by Gasteiger charge is 2.13. The van der Waals surface area contributed by atoms with Crippen molar-refractivity contribution in [1.82, 2.24) is 15.0 Å². The van der Waals surface area contributed by atoms with Crippen LogP contribution in [0.15, 0.2) is 10.9 Å². The van der Waals surface area contributed by atoms with Gasteiger partial charge in [-0.15, -0.1) is 11.3 Å². The summed E-state index contributed by atoms with van der Waals surface area (Å²) >= 11 is 1.62. The van der Waals surface area contributed by atoms with Gasteiger partial charge in [0, 0.05) is 24.5 Å². The summed E-state index contributed by atoms with van der Waals surface area (Å²) in [7, 11) is 2.04. The first-order valence-electron chi connectivity index (χ1n) is 6.79. The van der Waals surface area contributed by atoms with Crippen LogP contribution in [0.25, 0.3) is 0 Å². The molecule has 0 spiro atoms. The highest BCUT2D eigenvalue weighted by Crippen LogP contribution is 2.23. The molecule has 0 atom stereocenters. The molecule has 0 fully saturated rings. The van der Waals surface area contributed by atoms with Crippen molar-refractivity contribution in [2.45, 2.75) is 33.7 Å². The molecular formula is C14H21N5S. The molecule has 0 bridgehead atoms. The van der Waals surface area contributed by atoms with E-state index in [0.29, 0.717) is 0 Å². The molecule has 2 heterocycles. The quantitative estimate of drug-likeness (QED) is 0.886. The van der Waals surface area contributed by atoms with E-state index in [9.17, 15) is 0 Å². The number of aromatic nitrogens is 3. The molecule has 108 valence electrons. The summed E-state index contributed by atoms with van der Waals surface area (Å²) in [6.45, 7) is 7.81. The molecule has 0 saturated heterocycles. The fourth-order valence-corrected chi connectivity index (χ4v) is 2.58. The number of anilines is 2. The van der Waals surface area contributed by atoms with Crippen LogP contribution in [0.5, 0.6) is 0 Å². The lowest BCUT2D eigenvalue weighted by molar-refractivity contribution is 0.849. The number of nitrogens with zero attached hydrogens (tertiary/aromatic N) is 4. The number of thiazole rings is 1. The van der Waals surface area contributed by atoms with Gasteiger partial charge in [-0.05, 0) is 20.3 Å². The van der Waals surface area contributed by atoms with Crippen molar-refractivity contribution in [1.29, 1.82) is 0 Å². The molecule has 0 aliphatic rings. The summed E-state index contributed by atoms with van der Waals surface area (Å²) in [6.07, 6.45) is 1.08. The lowest BCUT2D eigenvalue weighted by atomic mass is 10.2. The molecule has 0 aliphatic carbocycles. The first-order valence-corrected chi connectivity index (χ1v) is 7.73. The van der Waals surface area contributed by atoms with Crippen LogP contribution in [0.2, 0.25) is 0 Å². The van der Waals surface area contributed by atoms with Gasteiger partial charge in [0.15, 0.2) is 0 Å². The van der Waals surface area contributed by atoms with E-state index in [1.165, 1.54) is 0 Å². The highest BCUT2D eigenvalue weighted by atomic mass is 32.1. The van der Waals surface area contributed by atoms with Crippen LogP contribution in [0, 0.1) is 13.8 Å². The second-order valence-corrected chi connectivity index (χ2v) is 5.55. The molecule has 2 aromatic heterocycles. The van der Waals surface area contributed by atoms with Gasteiger partial charge >= 0.3 is 0 Å². The van der Waals surface area contributed by atoms with Crippen molar-refractivity contribution in [3.8, 4) is 0 Å². The molecule has 5 nitrogen and oxygen atoms in total. The maximum atomic E-state index is 4.57. The summed E-state index contributed by atoms with van der Waals surface area (Å²) in [5.41, 5.74) is 4.01. The van der Waals surface area contributed by atoms with Gasteiger partial charge in [0.1, 0.15) is 17.5 Å². The van der Waals surface area contributed by atoms with Crippen LogP contribution >= 0.6 is 11.3 Å². The Kier molecular flexibility index (Phi) is 4.89. The van der Waals surface area contributed by atoms with Crippen LogP contribution in [0.3, 0.4) is 0 Å². The molecule has 1 N–H and O–H groups in total. The molecule has 0 saturated carbocycles. The summed E-state index contributed by atoms with van der Waals surface area (Å²) in [4.78, 5) is 15.5. The molecule has 2 rings (SSSR count). The summed E-state index contributed by atoms with van der Waals surface area (Å²) in [6, 6.07) is 0. The zero-order valence-electron chi connectivity index (χ0n) is 12.5. The summed E-state index contributed by atoms with van der Waals surface area (Å²) in [5.74, 6) is 2.68. The second-order valence-electron chi connectivity index (χ2n) is 4.83. The second kappa shape index (κ2) is 6.65. The van der Waals surface area contributed by atoms with E-state index in [2.05, 4.69) is 44.4 Å². The lowest BCUT2D eigenvalue weighted by Gasteiger charge is -2.21. The van der Waals surface area contributed by atoms with Gasteiger partial charge < -0.3 is 10.2 Å². The minimum absolute atomic E-state index is 0.758. The van der Waals surface area contributed by atoms with E-state index in [1.54, 1.807) is 11.3 Å². The fourth-order valence-electron chi connectivity index (χ4n) is 2.03. The van der Waals surface area contributed by atoms with E-state index in [4.69, 9.17) is 0 Å². The molecule has 0 aliphatic heterocycles. The van der Waals surface area contributed by atoms with E-state index in [1.807, 2.05) is 19.5 Å². The van der Waals surface area contributed by atoms with Crippen molar-refractivity contribution in [2.24, 2.45) is 0 Å². The number of hydrogen-bond donors (Lipinski definition) is 1. The monoisotopic (exact) mass is 291 g/mol. The van der Waals surface area contributed by atoms with Gasteiger partial charge in [-0.2, -0.15) is 0 Å². The Morgan fingerprint density at radius 2 is 2.10 bits per heavy atom. The highest BCUT2D eigenvalue weighted by molar-refractivity contribution is 7.07. The Morgan fingerprint density at radius 3 is 2.75 bits per heavy atom. The van der Waals surface area contributed by atoms with Gasteiger partial charge in [0.25, 0.3) is 0 Å². The predicted octanol–water partition coefficient (Wildman–Crippen LogP) is 3.01. The maximum Gasteiger partial charge on any atom is 0.137 e. The van der Waals surface area contributed by atoms with Crippen LogP contribution in [-0.2, 0) is 6.54 Å². The standard InChI is InChI=1S/C14H21N5S/c1-5-6-15-13-10(2)14(18-11(3)17-13)19(4)7-12-8-20-9-16-12/h8-9H,5-7H2,1-4H3,(H,15,17,18). The predicted molar refractivity (Wildman–Crippen MR) is 84.5 cm³/mol. The van der Waals surface area contributed by atoms with Crippen LogP contribution in [-0.4, -0.2) is 28.5 Å². The van der Waals surface area contributed by atoms with Gasteiger partial charge in [-0.3, -0.25) is 0 Å². The molecular weight excluding hydrogens is 270 g/mol. The lowest BCUT2D eigenvalue weighted by Crippen LogP contribution is -2.21. The van der Waals surface area contributed by atoms with Crippen molar-refractivity contribution in [3.63, 3.8) is 0 Å². The van der Waals surface area contributed by atoms with E-state index in [-0.39, 0.29) is 0 Å². The first kappa shape index (κ1) is 14.7. The number of aryl methyl sites for hydroxylation is 1. The normalized spacial score (nSPS) is 10.6. The smallest absolute Gasteiger partial charge is 0.137 e. The minimum atomic E-state index is 0.758. The third-order valence-electron chi connectivity index (χ3n) is 3.02.